The third-order valence-corrected chi connectivity index (χ3v) is 4.54. The molecule has 1 aromatic carbocycles. The number of carbonyl (C=O) groups is 1. The highest BCUT2D eigenvalue weighted by Crippen LogP contribution is 2.21. The number of benzene rings is 1. The minimum atomic E-state index is -0.161. The van der Waals surface area contributed by atoms with E-state index in [1.165, 1.54) is 11.3 Å². The Kier molecular flexibility index (Phi) is 6.12. The van der Waals surface area contributed by atoms with Crippen molar-refractivity contribution in [2.75, 3.05) is 12.4 Å². The highest BCUT2D eigenvalue weighted by molar-refractivity contribution is 7.15. The van der Waals surface area contributed by atoms with Gasteiger partial charge in [0.15, 0.2) is 0 Å². The van der Waals surface area contributed by atoms with Crippen LogP contribution in [-0.2, 0) is 17.6 Å². The number of hydrogen-bond acceptors (Lipinski definition) is 8. The van der Waals surface area contributed by atoms with Crippen molar-refractivity contribution in [3.8, 4) is 17.1 Å². The fourth-order valence-electron chi connectivity index (χ4n) is 2.35. The van der Waals surface area contributed by atoms with Crippen LogP contribution in [0.2, 0.25) is 0 Å². The lowest BCUT2D eigenvalue weighted by Gasteiger charge is -1.99. The molecule has 0 atom stereocenters. The van der Waals surface area contributed by atoms with E-state index in [9.17, 15) is 4.79 Å². The Bertz CT molecular complexity index is 889. The number of nitrogens with one attached hydrogen (secondary N) is 1. The van der Waals surface area contributed by atoms with Crippen LogP contribution in [0.15, 0.2) is 28.8 Å². The van der Waals surface area contributed by atoms with E-state index in [-0.39, 0.29) is 12.3 Å². The Labute approximate surface area is 161 Å². The molecule has 0 saturated carbocycles. The Hall–Kier alpha value is -2.81. The molecule has 0 bridgehead atoms. The fourth-order valence-corrected chi connectivity index (χ4v) is 3.32. The van der Waals surface area contributed by atoms with Crippen LogP contribution in [0.25, 0.3) is 11.4 Å². The van der Waals surface area contributed by atoms with Crippen LogP contribution in [0, 0.1) is 5.92 Å². The monoisotopic (exact) mass is 387 g/mol. The lowest BCUT2D eigenvalue weighted by Crippen LogP contribution is -2.12. The topological polar surface area (TPSA) is 103 Å². The van der Waals surface area contributed by atoms with Gasteiger partial charge in [-0.3, -0.25) is 4.79 Å². The minimum absolute atomic E-state index is 0.161. The summed E-state index contributed by atoms with van der Waals surface area (Å²) < 4.78 is 10.4. The molecule has 0 aliphatic carbocycles. The number of hydrogen-bond donors (Lipinski definition) is 1. The maximum absolute atomic E-state index is 12.1. The summed E-state index contributed by atoms with van der Waals surface area (Å²) in [5.74, 6) is 1.99. The Balaban J connectivity index is 1.51. The standard InChI is InChI=1S/C18H21N5O3S/c1-11(2)10-16-21-22-18(27-16)19-14(24)8-9-15-20-17(23-26-15)12-4-6-13(25-3)7-5-12/h4-7,11H,8-10H2,1-3H3,(H,19,22,24). The van der Waals surface area contributed by atoms with E-state index in [0.717, 1.165) is 22.7 Å². The first-order valence-corrected chi connectivity index (χ1v) is 9.44. The molecule has 3 rings (SSSR count). The van der Waals surface area contributed by atoms with Crippen LogP contribution in [0.5, 0.6) is 5.75 Å². The summed E-state index contributed by atoms with van der Waals surface area (Å²) >= 11 is 1.40. The zero-order valence-electron chi connectivity index (χ0n) is 15.4. The van der Waals surface area contributed by atoms with Gasteiger partial charge in [-0.05, 0) is 30.2 Å². The highest BCUT2D eigenvalue weighted by atomic mass is 32.1. The molecule has 2 aromatic heterocycles. The van der Waals surface area contributed by atoms with Crippen LogP contribution in [-0.4, -0.2) is 33.4 Å². The number of amides is 1. The van der Waals surface area contributed by atoms with E-state index in [1.54, 1.807) is 7.11 Å². The van der Waals surface area contributed by atoms with E-state index >= 15 is 0 Å². The van der Waals surface area contributed by atoms with Crippen molar-refractivity contribution in [1.29, 1.82) is 0 Å². The second-order valence-corrected chi connectivity index (χ2v) is 7.45. The highest BCUT2D eigenvalue weighted by Gasteiger charge is 2.13. The number of ether oxygens (including phenoxy) is 1. The summed E-state index contributed by atoms with van der Waals surface area (Å²) in [6, 6.07) is 7.36. The fraction of sp³-hybridized carbons (Fsp3) is 0.389. The zero-order chi connectivity index (χ0) is 19.2. The van der Waals surface area contributed by atoms with Crippen molar-refractivity contribution >= 4 is 22.4 Å². The van der Waals surface area contributed by atoms with Gasteiger partial charge in [-0.1, -0.05) is 30.3 Å². The first-order valence-electron chi connectivity index (χ1n) is 8.62. The van der Waals surface area contributed by atoms with Crippen LogP contribution in [0.3, 0.4) is 0 Å². The molecular formula is C18H21N5O3S. The summed E-state index contributed by atoms with van der Waals surface area (Å²) in [5.41, 5.74) is 0.821. The van der Waals surface area contributed by atoms with Gasteiger partial charge in [0, 0.05) is 24.8 Å². The Morgan fingerprint density at radius 3 is 2.74 bits per heavy atom. The normalized spacial score (nSPS) is 11.0. The number of rotatable bonds is 8. The number of nitrogens with zero attached hydrogens (tertiary/aromatic N) is 4. The van der Waals surface area contributed by atoms with Crippen LogP contribution >= 0.6 is 11.3 Å². The third-order valence-electron chi connectivity index (χ3n) is 3.68. The third kappa shape index (κ3) is 5.33. The summed E-state index contributed by atoms with van der Waals surface area (Å²) in [4.78, 5) is 16.4. The van der Waals surface area contributed by atoms with Crippen molar-refractivity contribution in [3.63, 3.8) is 0 Å². The molecule has 0 fully saturated rings. The predicted octanol–water partition coefficient (Wildman–Crippen LogP) is 3.37. The lowest BCUT2D eigenvalue weighted by molar-refractivity contribution is -0.116. The van der Waals surface area contributed by atoms with Gasteiger partial charge in [-0.15, -0.1) is 10.2 Å². The van der Waals surface area contributed by atoms with E-state index in [4.69, 9.17) is 9.26 Å². The first kappa shape index (κ1) is 19.0. The largest absolute Gasteiger partial charge is 0.497 e. The molecule has 2 heterocycles. The number of carbonyl (C=O) groups excluding carboxylic acids is 1. The van der Waals surface area contributed by atoms with Gasteiger partial charge in [0.2, 0.25) is 22.8 Å². The smallest absolute Gasteiger partial charge is 0.227 e. The van der Waals surface area contributed by atoms with Crippen molar-refractivity contribution in [1.82, 2.24) is 20.3 Å². The van der Waals surface area contributed by atoms with Crippen molar-refractivity contribution < 1.29 is 14.1 Å². The van der Waals surface area contributed by atoms with Gasteiger partial charge in [-0.2, -0.15) is 4.98 Å². The predicted molar refractivity (Wildman–Crippen MR) is 102 cm³/mol. The van der Waals surface area contributed by atoms with Crippen molar-refractivity contribution in [2.24, 2.45) is 5.92 Å². The molecule has 0 aliphatic heterocycles. The molecule has 8 nitrogen and oxygen atoms in total. The second-order valence-electron chi connectivity index (χ2n) is 6.39. The van der Waals surface area contributed by atoms with Crippen LogP contribution < -0.4 is 10.1 Å². The lowest BCUT2D eigenvalue weighted by atomic mass is 10.1. The summed E-state index contributed by atoms with van der Waals surface area (Å²) in [6.45, 7) is 4.23. The van der Waals surface area contributed by atoms with Crippen molar-refractivity contribution in [3.05, 3.63) is 35.2 Å². The molecule has 0 unspecified atom stereocenters. The average molecular weight is 387 g/mol. The minimum Gasteiger partial charge on any atom is -0.497 e. The SMILES string of the molecule is COc1ccc(-c2noc(CCC(=O)Nc3nnc(CC(C)C)s3)n2)cc1. The zero-order valence-corrected chi connectivity index (χ0v) is 16.2. The number of methoxy groups -OCH3 is 1. The quantitative estimate of drug-likeness (QED) is 0.632. The molecular weight excluding hydrogens is 366 g/mol. The van der Waals surface area contributed by atoms with Gasteiger partial charge >= 0.3 is 0 Å². The van der Waals surface area contributed by atoms with Gasteiger partial charge in [0.1, 0.15) is 10.8 Å². The van der Waals surface area contributed by atoms with Crippen molar-refractivity contribution in [2.45, 2.75) is 33.1 Å². The molecule has 3 aromatic rings. The van der Waals surface area contributed by atoms with Crippen LogP contribution in [0.1, 0.15) is 31.2 Å². The number of aryl methyl sites for hydroxylation is 1. The van der Waals surface area contributed by atoms with Crippen LogP contribution in [0.4, 0.5) is 5.13 Å². The van der Waals surface area contributed by atoms with E-state index in [0.29, 0.717) is 29.2 Å². The van der Waals surface area contributed by atoms with Gasteiger partial charge in [-0.25, -0.2) is 0 Å². The number of anilines is 1. The summed E-state index contributed by atoms with van der Waals surface area (Å²) in [5, 5.41) is 16.2. The Morgan fingerprint density at radius 2 is 2.04 bits per heavy atom. The molecule has 1 N–H and O–H groups in total. The van der Waals surface area contributed by atoms with E-state index in [2.05, 4.69) is 39.5 Å². The summed E-state index contributed by atoms with van der Waals surface area (Å²) in [6.07, 6.45) is 1.43. The average Bonchev–Trinajstić information content (AvgIpc) is 3.29. The van der Waals surface area contributed by atoms with E-state index in [1.807, 2.05) is 24.3 Å². The first-order chi connectivity index (χ1) is 13.0. The van der Waals surface area contributed by atoms with Gasteiger partial charge in [0.25, 0.3) is 0 Å². The molecule has 0 saturated heterocycles. The Morgan fingerprint density at radius 1 is 1.26 bits per heavy atom. The molecule has 0 aliphatic rings. The number of aromatic nitrogens is 4. The molecule has 9 heteroatoms. The second kappa shape index (κ2) is 8.72. The van der Waals surface area contributed by atoms with Gasteiger partial charge < -0.3 is 14.6 Å². The summed E-state index contributed by atoms with van der Waals surface area (Å²) in [7, 11) is 1.61. The maximum Gasteiger partial charge on any atom is 0.227 e. The molecule has 1 amide bonds. The molecule has 0 radical (unpaired) electrons. The molecule has 142 valence electrons. The maximum atomic E-state index is 12.1. The molecule has 27 heavy (non-hydrogen) atoms. The van der Waals surface area contributed by atoms with Gasteiger partial charge in [0.05, 0.1) is 7.11 Å². The van der Waals surface area contributed by atoms with E-state index < -0.39 is 0 Å². The molecule has 0 spiro atoms.